The van der Waals surface area contributed by atoms with E-state index < -0.39 is 4.92 Å². The number of ether oxygens (including phenoxy) is 1. The van der Waals surface area contributed by atoms with E-state index in [-0.39, 0.29) is 18.2 Å². The lowest BCUT2D eigenvalue weighted by atomic mass is 10.1. The molecule has 3 aromatic rings. The quantitative estimate of drug-likeness (QED) is 0.278. The van der Waals surface area contributed by atoms with Crippen LogP contribution in [0.1, 0.15) is 18.1 Å². The first-order valence-electron chi connectivity index (χ1n) is 9.75. The number of hydrogen-bond acceptors (Lipinski definition) is 5. The van der Waals surface area contributed by atoms with Gasteiger partial charge in [0.15, 0.2) is 0 Å². The van der Waals surface area contributed by atoms with E-state index >= 15 is 0 Å². The first kappa shape index (κ1) is 21.3. The number of nitrogens with zero attached hydrogens (tertiary/aromatic N) is 3. The predicted octanol–water partition coefficient (Wildman–Crippen LogP) is 5.63. The SMILES string of the molecule is CC1=NN(c2ccccc2)C(=O)/C1=C\c1cc([N+](=O)[O-])ccc1OCc1ccccc1Cl. The maximum atomic E-state index is 13.0. The number of para-hydroxylation sites is 1. The predicted molar refractivity (Wildman–Crippen MR) is 124 cm³/mol. The summed E-state index contributed by atoms with van der Waals surface area (Å²) >= 11 is 6.20. The molecule has 0 atom stereocenters. The van der Waals surface area contributed by atoms with Crippen molar-refractivity contribution >= 4 is 40.7 Å². The summed E-state index contributed by atoms with van der Waals surface area (Å²) in [7, 11) is 0. The van der Waals surface area contributed by atoms with Crippen molar-refractivity contribution in [1.82, 2.24) is 0 Å². The number of carbonyl (C=O) groups is 1. The lowest BCUT2D eigenvalue weighted by molar-refractivity contribution is -0.384. The molecule has 0 spiro atoms. The molecule has 0 aliphatic carbocycles. The number of amides is 1. The number of benzene rings is 3. The molecule has 32 heavy (non-hydrogen) atoms. The summed E-state index contributed by atoms with van der Waals surface area (Å²) in [4.78, 5) is 23.9. The zero-order valence-corrected chi connectivity index (χ0v) is 17.8. The lowest BCUT2D eigenvalue weighted by Crippen LogP contribution is -2.21. The Morgan fingerprint density at radius 2 is 1.81 bits per heavy atom. The molecule has 0 unspecified atom stereocenters. The molecule has 0 bridgehead atoms. The van der Waals surface area contributed by atoms with Gasteiger partial charge in [0.2, 0.25) is 0 Å². The minimum atomic E-state index is -0.493. The number of carbonyl (C=O) groups excluding carboxylic acids is 1. The van der Waals surface area contributed by atoms with E-state index in [2.05, 4.69) is 5.10 Å². The fourth-order valence-corrected chi connectivity index (χ4v) is 3.44. The van der Waals surface area contributed by atoms with E-state index in [0.717, 1.165) is 5.56 Å². The molecule has 0 saturated heterocycles. The Kier molecular flexibility index (Phi) is 6.00. The van der Waals surface area contributed by atoms with Crippen molar-refractivity contribution in [2.75, 3.05) is 5.01 Å². The van der Waals surface area contributed by atoms with Crippen LogP contribution in [-0.2, 0) is 11.4 Å². The van der Waals surface area contributed by atoms with Gasteiger partial charge in [-0.3, -0.25) is 14.9 Å². The molecule has 0 radical (unpaired) electrons. The third kappa shape index (κ3) is 4.38. The molecule has 1 aliphatic heterocycles. The lowest BCUT2D eigenvalue weighted by Gasteiger charge is -2.12. The molecular weight excluding hydrogens is 430 g/mol. The highest BCUT2D eigenvalue weighted by atomic mass is 35.5. The fraction of sp³-hybridized carbons (Fsp3) is 0.0833. The number of rotatable bonds is 6. The Labute approximate surface area is 189 Å². The van der Waals surface area contributed by atoms with Crippen LogP contribution in [-0.4, -0.2) is 16.5 Å². The van der Waals surface area contributed by atoms with Crippen molar-refractivity contribution in [2.24, 2.45) is 5.10 Å². The van der Waals surface area contributed by atoms with Crippen LogP contribution >= 0.6 is 11.6 Å². The fourth-order valence-electron chi connectivity index (χ4n) is 3.25. The summed E-state index contributed by atoms with van der Waals surface area (Å²) in [5.74, 6) is 0.0686. The first-order valence-corrected chi connectivity index (χ1v) is 10.1. The summed E-state index contributed by atoms with van der Waals surface area (Å²) in [6.45, 7) is 1.89. The van der Waals surface area contributed by atoms with Gasteiger partial charge in [0.25, 0.3) is 11.6 Å². The van der Waals surface area contributed by atoms with Crippen molar-refractivity contribution in [3.63, 3.8) is 0 Å². The topological polar surface area (TPSA) is 85.0 Å². The van der Waals surface area contributed by atoms with Gasteiger partial charge >= 0.3 is 0 Å². The molecule has 0 fully saturated rings. The number of nitro groups is 1. The average Bonchev–Trinajstić information content (AvgIpc) is 3.08. The van der Waals surface area contributed by atoms with Crippen molar-refractivity contribution in [3.8, 4) is 5.75 Å². The van der Waals surface area contributed by atoms with Gasteiger partial charge < -0.3 is 4.74 Å². The Hall–Kier alpha value is -3.97. The Bertz CT molecular complexity index is 1260. The number of hydrogen-bond donors (Lipinski definition) is 0. The average molecular weight is 448 g/mol. The summed E-state index contributed by atoms with van der Waals surface area (Å²) < 4.78 is 5.91. The maximum absolute atomic E-state index is 13.0. The summed E-state index contributed by atoms with van der Waals surface area (Å²) in [5.41, 5.74) is 2.53. The molecule has 4 rings (SSSR count). The highest BCUT2D eigenvalue weighted by Gasteiger charge is 2.29. The van der Waals surface area contributed by atoms with Gasteiger partial charge in [-0.2, -0.15) is 10.1 Å². The van der Waals surface area contributed by atoms with Crippen molar-refractivity contribution in [3.05, 3.63) is 105 Å². The molecule has 160 valence electrons. The zero-order chi connectivity index (χ0) is 22.7. The zero-order valence-electron chi connectivity index (χ0n) is 17.1. The number of anilines is 1. The van der Waals surface area contributed by atoms with Gasteiger partial charge in [-0.05, 0) is 37.3 Å². The summed E-state index contributed by atoms with van der Waals surface area (Å²) in [6, 6.07) is 20.6. The number of halogens is 1. The summed E-state index contributed by atoms with van der Waals surface area (Å²) in [6.07, 6.45) is 1.57. The normalized spacial score (nSPS) is 14.6. The number of hydrazone groups is 1. The second kappa shape index (κ2) is 9.03. The van der Waals surface area contributed by atoms with E-state index in [1.54, 1.807) is 31.2 Å². The third-order valence-electron chi connectivity index (χ3n) is 4.91. The van der Waals surface area contributed by atoms with E-state index in [0.29, 0.717) is 33.3 Å². The number of non-ortho nitro benzene ring substituents is 1. The molecule has 3 aromatic carbocycles. The Morgan fingerprint density at radius 3 is 2.53 bits per heavy atom. The largest absolute Gasteiger partial charge is 0.488 e. The Balaban J connectivity index is 1.68. The second-order valence-corrected chi connectivity index (χ2v) is 7.46. The van der Waals surface area contributed by atoms with Crippen molar-refractivity contribution in [1.29, 1.82) is 0 Å². The van der Waals surface area contributed by atoms with Crippen LogP contribution in [0.15, 0.2) is 83.5 Å². The van der Waals surface area contributed by atoms with Gasteiger partial charge in [-0.15, -0.1) is 0 Å². The van der Waals surface area contributed by atoms with Crippen LogP contribution in [0.3, 0.4) is 0 Å². The summed E-state index contributed by atoms with van der Waals surface area (Å²) in [5, 5.41) is 17.5. The van der Waals surface area contributed by atoms with Gasteiger partial charge in [0.1, 0.15) is 12.4 Å². The Morgan fingerprint density at radius 1 is 1.09 bits per heavy atom. The standard InChI is InChI=1S/C24H18ClN3O4/c1-16-21(24(29)27(26-16)19-8-3-2-4-9-19)14-18-13-20(28(30)31)11-12-23(18)32-15-17-7-5-6-10-22(17)25/h2-14H,15H2,1H3/b21-14-. The monoisotopic (exact) mass is 447 g/mol. The van der Waals surface area contributed by atoms with Gasteiger partial charge in [-0.1, -0.05) is 48.0 Å². The van der Waals surface area contributed by atoms with Crippen LogP contribution in [0.4, 0.5) is 11.4 Å². The van der Waals surface area contributed by atoms with Gasteiger partial charge in [0.05, 0.1) is 21.9 Å². The molecule has 1 amide bonds. The molecule has 1 aliphatic rings. The molecule has 1 heterocycles. The highest BCUT2D eigenvalue weighted by molar-refractivity contribution is 6.32. The number of nitro benzene ring substituents is 1. The smallest absolute Gasteiger partial charge is 0.280 e. The maximum Gasteiger partial charge on any atom is 0.280 e. The second-order valence-electron chi connectivity index (χ2n) is 7.06. The van der Waals surface area contributed by atoms with Gasteiger partial charge in [0, 0.05) is 28.3 Å². The van der Waals surface area contributed by atoms with E-state index in [1.165, 1.54) is 23.2 Å². The van der Waals surface area contributed by atoms with E-state index in [4.69, 9.17) is 16.3 Å². The first-order chi connectivity index (χ1) is 15.4. The van der Waals surface area contributed by atoms with Gasteiger partial charge in [-0.25, -0.2) is 0 Å². The minimum Gasteiger partial charge on any atom is -0.488 e. The molecular formula is C24H18ClN3O4. The molecule has 0 aromatic heterocycles. The minimum absolute atomic E-state index is 0.109. The van der Waals surface area contributed by atoms with Crippen LogP contribution < -0.4 is 9.75 Å². The van der Waals surface area contributed by atoms with E-state index in [1.807, 2.05) is 36.4 Å². The molecule has 8 heteroatoms. The van der Waals surface area contributed by atoms with Crippen LogP contribution in [0.25, 0.3) is 6.08 Å². The van der Waals surface area contributed by atoms with Crippen molar-refractivity contribution < 1.29 is 14.5 Å². The van der Waals surface area contributed by atoms with Crippen LogP contribution in [0.5, 0.6) is 5.75 Å². The molecule has 0 saturated carbocycles. The van der Waals surface area contributed by atoms with Crippen molar-refractivity contribution in [2.45, 2.75) is 13.5 Å². The van der Waals surface area contributed by atoms with Crippen LogP contribution in [0, 0.1) is 10.1 Å². The molecule has 0 N–H and O–H groups in total. The highest BCUT2D eigenvalue weighted by Crippen LogP contribution is 2.31. The van der Waals surface area contributed by atoms with Crippen LogP contribution in [0.2, 0.25) is 5.02 Å². The van der Waals surface area contributed by atoms with E-state index in [9.17, 15) is 14.9 Å². The molecule has 7 nitrogen and oxygen atoms in total. The third-order valence-corrected chi connectivity index (χ3v) is 5.28.